The largest absolute Gasteiger partial charge is 0.355 e. The maximum atomic E-state index is 11.3. The van der Waals surface area contributed by atoms with Crippen LogP contribution in [0.1, 0.15) is 12.8 Å². The van der Waals surface area contributed by atoms with E-state index < -0.39 is 0 Å². The van der Waals surface area contributed by atoms with E-state index >= 15 is 0 Å². The number of carbonyl (C=O) groups is 2. The molecule has 1 unspecified atom stereocenters. The van der Waals surface area contributed by atoms with Crippen molar-refractivity contribution in [1.29, 1.82) is 0 Å². The van der Waals surface area contributed by atoms with E-state index in [2.05, 4.69) is 10.6 Å². The van der Waals surface area contributed by atoms with Crippen molar-refractivity contribution in [2.24, 2.45) is 0 Å². The number of hydrogen-bond acceptors (Lipinski definition) is 5. The van der Waals surface area contributed by atoms with E-state index in [4.69, 9.17) is 9.47 Å². The highest BCUT2D eigenvalue weighted by molar-refractivity contribution is 6.00. The van der Waals surface area contributed by atoms with Crippen LogP contribution in [0.4, 0.5) is 0 Å². The number of methoxy groups -OCH3 is 2. The zero-order chi connectivity index (χ0) is 11.3. The maximum Gasteiger partial charge on any atom is 0.243 e. The number of hydrogen-bond donors (Lipinski definition) is 2. The molecule has 1 fully saturated rings. The second kappa shape index (κ2) is 5.79. The van der Waals surface area contributed by atoms with E-state index in [1.54, 1.807) is 0 Å². The lowest BCUT2D eigenvalue weighted by Gasteiger charge is -2.23. The lowest BCUT2D eigenvalue weighted by molar-refractivity contribution is -0.135. The third-order valence-corrected chi connectivity index (χ3v) is 2.30. The van der Waals surface area contributed by atoms with Gasteiger partial charge in [-0.1, -0.05) is 0 Å². The molecular formula is C9H16N2O4. The number of amides is 2. The Balaban J connectivity index is 2.32. The fourth-order valence-electron chi connectivity index (χ4n) is 1.39. The summed E-state index contributed by atoms with van der Waals surface area (Å²) in [5, 5.41) is 5.25. The van der Waals surface area contributed by atoms with Crippen LogP contribution < -0.4 is 10.6 Å². The van der Waals surface area contributed by atoms with E-state index in [9.17, 15) is 9.59 Å². The number of carbonyl (C=O) groups excluding carboxylic acids is 2. The van der Waals surface area contributed by atoms with Crippen LogP contribution in [0.5, 0.6) is 0 Å². The normalized spacial score (nSPS) is 21.9. The molecule has 0 bridgehead atoms. The van der Waals surface area contributed by atoms with Gasteiger partial charge in [0.25, 0.3) is 0 Å². The Bertz CT molecular complexity index is 240. The van der Waals surface area contributed by atoms with E-state index in [1.807, 2.05) is 0 Å². The molecule has 0 radical (unpaired) electrons. The first-order valence-electron chi connectivity index (χ1n) is 4.80. The van der Waals surface area contributed by atoms with Gasteiger partial charge < -0.3 is 14.8 Å². The fraction of sp³-hybridized carbons (Fsp3) is 0.778. The maximum absolute atomic E-state index is 11.3. The molecule has 1 aliphatic heterocycles. The third-order valence-electron chi connectivity index (χ3n) is 2.30. The van der Waals surface area contributed by atoms with Crippen molar-refractivity contribution in [1.82, 2.24) is 10.6 Å². The van der Waals surface area contributed by atoms with Gasteiger partial charge in [0.1, 0.15) is 0 Å². The molecule has 1 atom stereocenters. The van der Waals surface area contributed by atoms with Gasteiger partial charge in [-0.25, -0.2) is 0 Å². The van der Waals surface area contributed by atoms with Crippen molar-refractivity contribution in [3.8, 4) is 0 Å². The molecule has 0 aliphatic carbocycles. The molecule has 6 nitrogen and oxygen atoms in total. The van der Waals surface area contributed by atoms with Crippen LogP contribution in [0.25, 0.3) is 0 Å². The summed E-state index contributed by atoms with van der Waals surface area (Å²) in [5.41, 5.74) is 0. The Morgan fingerprint density at radius 2 is 2.13 bits per heavy atom. The molecule has 86 valence electrons. The Hall–Kier alpha value is -0.980. The molecule has 1 aliphatic rings. The number of ether oxygens (including phenoxy) is 2. The quantitative estimate of drug-likeness (QED) is 0.455. The van der Waals surface area contributed by atoms with Gasteiger partial charge in [-0.05, 0) is 6.42 Å². The topological polar surface area (TPSA) is 76.7 Å². The van der Waals surface area contributed by atoms with Gasteiger partial charge in [0.15, 0.2) is 6.29 Å². The molecule has 0 aromatic rings. The van der Waals surface area contributed by atoms with Gasteiger partial charge in [0.2, 0.25) is 11.8 Å². The van der Waals surface area contributed by atoms with Crippen LogP contribution in [0.2, 0.25) is 0 Å². The van der Waals surface area contributed by atoms with Crippen molar-refractivity contribution in [3.63, 3.8) is 0 Å². The van der Waals surface area contributed by atoms with Gasteiger partial charge in [-0.15, -0.1) is 0 Å². The molecule has 6 heteroatoms. The number of imide groups is 1. The predicted molar refractivity (Wildman–Crippen MR) is 52.0 cm³/mol. The third kappa shape index (κ3) is 3.58. The minimum Gasteiger partial charge on any atom is -0.355 e. The Morgan fingerprint density at radius 3 is 2.67 bits per heavy atom. The molecule has 0 saturated carbocycles. The highest BCUT2D eigenvalue weighted by atomic mass is 16.7. The molecule has 0 spiro atoms. The second-order valence-corrected chi connectivity index (χ2v) is 3.31. The zero-order valence-corrected chi connectivity index (χ0v) is 8.91. The highest BCUT2D eigenvalue weighted by Gasteiger charge is 2.26. The summed E-state index contributed by atoms with van der Waals surface area (Å²) in [6.45, 7) is 0.416. The van der Waals surface area contributed by atoms with Crippen LogP contribution in [-0.4, -0.2) is 44.9 Å². The number of rotatable bonds is 5. The summed E-state index contributed by atoms with van der Waals surface area (Å²) in [6.07, 6.45) is 0.509. The standard InChI is InChI=1S/C9H16N2O4/c1-14-8(15-2)5-10-6-3-4-7(12)11-9(6)13/h6,8,10H,3-5H2,1-2H3,(H,11,12,13). The highest BCUT2D eigenvalue weighted by Crippen LogP contribution is 2.04. The molecular weight excluding hydrogens is 200 g/mol. The summed E-state index contributed by atoms with van der Waals surface area (Å²) >= 11 is 0. The lowest BCUT2D eigenvalue weighted by atomic mass is 10.1. The summed E-state index contributed by atoms with van der Waals surface area (Å²) in [6, 6.07) is -0.338. The monoisotopic (exact) mass is 216 g/mol. The first-order chi connectivity index (χ1) is 7.17. The first-order valence-corrected chi connectivity index (χ1v) is 4.80. The first kappa shape index (κ1) is 12.1. The SMILES string of the molecule is COC(CNC1CCC(=O)NC1=O)OC. The predicted octanol–water partition coefficient (Wildman–Crippen LogP) is -1.000. The molecule has 0 aromatic carbocycles. The van der Waals surface area contributed by atoms with Crippen LogP contribution in [0.3, 0.4) is 0 Å². The van der Waals surface area contributed by atoms with E-state index in [0.29, 0.717) is 19.4 Å². The molecule has 15 heavy (non-hydrogen) atoms. The van der Waals surface area contributed by atoms with Gasteiger partial charge in [0.05, 0.1) is 6.04 Å². The number of piperidine rings is 1. The van der Waals surface area contributed by atoms with Gasteiger partial charge in [-0.2, -0.15) is 0 Å². The van der Waals surface area contributed by atoms with E-state index in [-0.39, 0.29) is 24.1 Å². The van der Waals surface area contributed by atoms with Crippen molar-refractivity contribution in [2.45, 2.75) is 25.2 Å². The average Bonchev–Trinajstić information content (AvgIpc) is 2.22. The van der Waals surface area contributed by atoms with E-state index in [1.165, 1.54) is 14.2 Å². The van der Waals surface area contributed by atoms with Crippen LogP contribution in [0, 0.1) is 0 Å². The molecule has 1 saturated heterocycles. The van der Waals surface area contributed by atoms with Gasteiger partial charge in [0, 0.05) is 27.2 Å². The summed E-state index contributed by atoms with van der Waals surface area (Å²) in [7, 11) is 3.06. The van der Waals surface area contributed by atoms with E-state index in [0.717, 1.165) is 0 Å². The minimum absolute atomic E-state index is 0.215. The van der Waals surface area contributed by atoms with Crippen molar-refractivity contribution >= 4 is 11.8 Å². The zero-order valence-electron chi connectivity index (χ0n) is 8.91. The number of nitrogens with one attached hydrogen (secondary N) is 2. The smallest absolute Gasteiger partial charge is 0.243 e. The Labute approximate surface area is 88.3 Å². The Morgan fingerprint density at radius 1 is 1.47 bits per heavy atom. The van der Waals surface area contributed by atoms with Gasteiger partial charge in [-0.3, -0.25) is 14.9 Å². The molecule has 0 aromatic heterocycles. The average molecular weight is 216 g/mol. The Kier molecular flexibility index (Phi) is 4.67. The molecule has 2 amide bonds. The molecule has 1 heterocycles. The van der Waals surface area contributed by atoms with Crippen LogP contribution in [-0.2, 0) is 19.1 Å². The minimum atomic E-state index is -0.379. The van der Waals surface area contributed by atoms with Crippen LogP contribution in [0.15, 0.2) is 0 Å². The summed E-state index contributed by atoms with van der Waals surface area (Å²) in [4.78, 5) is 22.2. The van der Waals surface area contributed by atoms with Crippen molar-refractivity contribution < 1.29 is 19.1 Å². The second-order valence-electron chi connectivity index (χ2n) is 3.31. The summed E-state index contributed by atoms with van der Waals surface area (Å²) in [5.74, 6) is -0.495. The lowest BCUT2D eigenvalue weighted by Crippen LogP contribution is -2.52. The van der Waals surface area contributed by atoms with Crippen LogP contribution >= 0.6 is 0 Å². The molecule has 2 N–H and O–H groups in total. The fourth-order valence-corrected chi connectivity index (χ4v) is 1.39. The summed E-state index contributed by atoms with van der Waals surface area (Å²) < 4.78 is 9.93. The van der Waals surface area contributed by atoms with Crippen molar-refractivity contribution in [3.05, 3.63) is 0 Å². The van der Waals surface area contributed by atoms with Crippen molar-refractivity contribution in [2.75, 3.05) is 20.8 Å². The molecule has 1 rings (SSSR count). The van der Waals surface area contributed by atoms with Gasteiger partial charge >= 0.3 is 0 Å².